The topological polar surface area (TPSA) is 25.2 Å². The Labute approximate surface area is 77.1 Å². The summed E-state index contributed by atoms with van der Waals surface area (Å²) in [5.74, 6) is 0.550. The normalized spacial score (nSPS) is 25.8. The molecule has 3 heteroatoms. The van der Waals surface area contributed by atoms with Gasteiger partial charge in [-0.05, 0) is 31.5 Å². The van der Waals surface area contributed by atoms with Crippen molar-refractivity contribution in [2.75, 3.05) is 13.1 Å². The van der Waals surface area contributed by atoms with Crippen LogP contribution in [0.25, 0.3) is 0 Å². The van der Waals surface area contributed by atoms with Crippen molar-refractivity contribution < 1.29 is 8.81 Å². The summed E-state index contributed by atoms with van der Waals surface area (Å²) >= 11 is 0. The van der Waals surface area contributed by atoms with Crippen molar-refractivity contribution in [1.29, 1.82) is 0 Å². The summed E-state index contributed by atoms with van der Waals surface area (Å²) in [5.41, 5.74) is 0. The Morgan fingerprint density at radius 1 is 1.62 bits per heavy atom. The zero-order valence-electron chi connectivity index (χ0n) is 7.50. The fourth-order valence-corrected chi connectivity index (χ4v) is 1.81. The summed E-state index contributed by atoms with van der Waals surface area (Å²) in [6.45, 7) is 1.78. The maximum absolute atomic E-state index is 13.7. The monoisotopic (exact) mass is 183 g/mol. The minimum atomic E-state index is -0.942. The van der Waals surface area contributed by atoms with Crippen molar-refractivity contribution in [3.05, 3.63) is 24.2 Å². The molecule has 1 N–H and O–H groups in total. The summed E-state index contributed by atoms with van der Waals surface area (Å²) in [6, 6.07) is 3.44. The number of alkyl halides is 1. The molecule has 0 aliphatic carbocycles. The van der Waals surface area contributed by atoms with Crippen LogP contribution in [0.3, 0.4) is 0 Å². The number of furan rings is 1. The van der Waals surface area contributed by atoms with Crippen molar-refractivity contribution in [3.63, 3.8) is 0 Å². The molecule has 0 bridgehead atoms. The van der Waals surface area contributed by atoms with E-state index in [1.54, 1.807) is 12.1 Å². The highest BCUT2D eigenvalue weighted by Crippen LogP contribution is 2.30. The maximum atomic E-state index is 13.7. The highest BCUT2D eigenvalue weighted by molar-refractivity contribution is 5.04. The molecule has 13 heavy (non-hydrogen) atoms. The van der Waals surface area contributed by atoms with Gasteiger partial charge in [-0.15, -0.1) is 0 Å². The first-order valence-corrected chi connectivity index (χ1v) is 4.76. The molecule has 2 atom stereocenters. The number of piperidine rings is 1. The van der Waals surface area contributed by atoms with Gasteiger partial charge >= 0.3 is 0 Å². The van der Waals surface area contributed by atoms with Crippen LogP contribution in [0, 0.1) is 5.92 Å². The Balaban J connectivity index is 1.99. The smallest absolute Gasteiger partial charge is 0.161 e. The van der Waals surface area contributed by atoms with Crippen molar-refractivity contribution in [1.82, 2.24) is 5.32 Å². The Morgan fingerprint density at radius 2 is 2.54 bits per heavy atom. The summed E-state index contributed by atoms with van der Waals surface area (Å²) in [6.07, 6.45) is 2.60. The third kappa shape index (κ3) is 1.91. The lowest BCUT2D eigenvalue weighted by molar-refractivity contribution is 0.167. The molecule has 2 heterocycles. The molecular weight excluding hydrogens is 169 g/mol. The van der Waals surface area contributed by atoms with Crippen LogP contribution >= 0.6 is 0 Å². The molecule has 2 unspecified atom stereocenters. The molecule has 1 fully saturated rings. The lowest BCUT2D eigenvalue weighted by atomic mass is 9.93. The quantitative estimate of drug-likeness (QED) is 0.761. The number of hydrogen-bond acceptors (Lipinski definition) is 2. The van der Waals surface area contributed by atoms with Crippen molar-refractivity contribution in [2.24, 2.45) is 5.92 Å². The summed E-state index contributed by atoms with van der Waals surface area (Å²) in [7, 11) is 0. The minimum absolute atomic E-state index is 0.0832. The Morgan fingerprint density at radius 3 is 3.15 bits per heavy atom. The molecule has 1 aliphatic rings. The van der Waals surface area contributed by atoms with Gasteiger partial charge in [-0.1, -0.05) is 0 Å². The molecule has 0 saturated carbocycles. The molecule has 0 amide bonds. The van der Waals surface area contributed by atoms with Gasteiger partial charge in [0.1, 0.15) is 5.76 Å². The van der Waals surface area contributed by atoms with Crippen molar-refractivity contribution in [2.45, 2.75) is 19.0 Å². The van der Waals surface area contributed by atoms with Gasteiger partial charge in [0.15, 0.2) is 6.17 Å². The molecule has 0 radical (unpaired) electrons. The van der Waals surface area contributed by atoms with E-state index in [-0.39, 0.29) is 5.92 Å². The van der Waals surface area contributed by atoms with E-state index in [0.29, 0.717) is 5.76 Å². The maximum Gasteiger partial charge on any atom is 0.161 e. The van der Waals surface area contributed by atoms with Crippen LogP contribution in [-0.4, -0.2) is 13.1 Å². The first kappa shape index (κ1) is 8.75. The van der Waals surface area contributed by atoms with E-state index < -0.39 is 6.17 Å². The number of nitrogens with one attached hydrogen (secondary N) is 1. The highest BCUT2D eigenvalue weighted by atomic mass is 19.1. The molecule has 2 nitrogen and oxygen atoms in total. The third-order valence-corrected chi connectivity index (χ3v) is 2.56. The largest absolute Gasteiger partial charge is 0.466 e. The lowest BCUT2D eigenvalue weighted by Crippen LogP contribution is -2.32. The van der Waals surface area contributed by atoms with E-state index in [0.717, 1.165) is 25.9 Å². The van der Waals surface area contributed by atoms with E-state index in [9.17, 15) is 4.39 Å². The average Bonchev–Trinajstić information content (AvgIpc) is 2.71. The Hall–Kier alpha value is -0.830. The van der Waals surface area contributed by atoms with E-state index in [1.165, 1.54) is 6.26 Å². The van der Waals surface area contributed by atoms with E-state index in [2.05, 4.69) is 5.32 Å². The lowest BCUT2D eigenvalue weighted by Gasteiger charge is -2.24. The molecule has 2 rings (SSSR count). The van der Waals surface area contributed by atoms with Crippen LogP contribution in [0.15, 0.2) is 22.8 Å². The second-order valence-electron chi connectivity index (χ2n) is 3.52. The highest BCUT2D eigenvalue weighted by Gasteiger charge is 2.26. The summed E-state index contributed by atoms with van der Waals surface area (Å²) < 4.78 is 18.8. The minimum Gasteiger partial charge on any atom is -0.466 e. The molecule has 0 spiro atoms. The second-order valence-corrected chi connectivity index (χ2v) is 3.52. The first-order chi connectivity index (χ1) is 6.38. The first-order valence-electron chi connectivity index (χ1n) is 4.76. The second kappa shape index (κ2) is 3.92. The van der Waals surface area contributed by atoms with E-state index >= 15 is 0 Å². The third-order valence-electron chi connectivity index (χ3n) is 2.56. The summed E-state index contributed by atoms with van der Waals surface area (Å²) in [4.78, 5) is 0. The molecule has 1 aliphatic heterocycles. The van der Waals surface area contributed by atoms with Crippen molar-refractivity contribution in [3.8, 4) is 0 Å². The van der Waals surface area contributed by atoms with Gasteiger partial charge in [0.05, 0.1) is 6.26 Å². The van der Waals surface area contributed by atoms with Crippen LogP contribution in [-0.2, 0) is 0 Å². The van der Waals surface area contributed by atoms with Crippen molar-refractivity contribution >= 4 is 0 Å². The van der Waals surface area contributed by atoms with E-state index in [4.69, 9.17) is 4.42 Å². The predicted molar refractivity (Wildman–Crippen MR) is 48.2 cm³/mol. The predicted octanol–water partition coefficient (Wildman–Crippen LogP) is 2.29. The molecule has 0 aromatic carbocycles. The van der Waals surface area contributed by atoms with Gasteiger partial charge in [0.25, 0.3) is 0 Å². The van der Waals surface area contributed by atoms with Gasteiger partial charge in [-0.3, -0.25) is 0 Å². The van der Waals surface area contributed by atoms with Gasteiger partial charge in [-0.25, -0.2) is 4.39 Å². The van der Waals surface area contributed by atoms with Crippen LogP contribution in [0.5, 0.6) is 0 Å². The Bertz CT molecular complexity index is 241. The molecule has 1 aromatic heterocycles. The van der Waals surface area contributed by atoms with Crippen LogP contribution in [0.1, 0.15) is 24.8 Å². The zero-order valence-corrected chi connectivity index (χ0v) is 7.50. The fourth-order valence-electron chi connectivity index (χ4n) is 1.81. The summed E-state index contributed by atoms with van der Waals surface area (Å²) in [5, 5.41) is 3.20. The number of halogens is 1. The van der Waals surface area contributed by atoms with Crippen LogP contribution in [0.2, 0.25) is 0 Å². The number of hydrogen-bond donors (Lipinski definition) is 1. The van der Waals surface area contributed by atoms with Crippen LogP contribution in [0.4, 0.5) is 4.39 Å². The molecule has 1 saturated heterocycles. The van der Waals surface area contributed by atoms with Gasteiger partial charge < -0.3 is 9.73 Å². The molecule has 72 valence electrons. The molecular formula is C10H14FNO. The standard InChI is InChI=1S/C10H14FNO/c11-10(9-4-2-6-13-9)8-3-1-5-12-7-8/h2,4,6,8,10,12H,1,3,5,7H2. The Kier molecular flexibility index (Phi) is 2.64. The SMILES string of the molecule is FC(c1ccco1)C1CCCNC1. The van der Waals surface area contributed by atoms with Gasteiger partial charge in [0, 0.05) is 12.5 Å². The zero-order chi connectivity index (χ0) is 9.10. The van der Waals surface area contributed by atoms with Gasteiger partial charge in [-0.2, -0.15) is 0 Å². The van der Waals surface area contributed by atoms with E-state index in [1.807, 2.05) is 0 Å². The average molecular weight is 183 g/mol. The fraction of sp³-hybridized carbons (Fsp3) is 0.600. The molecule has 1 aromatic rings. The van der Waals surface area contributed by atoms with Gasteiger partial charge in [0.2, 0.25) is 0 Å². The number of rotatable bonds is 2. The van der Waals surface area contributed by atoms with Crippen LogP contribution < -0.4 is 5.32 Å².